The molecule has 3 aromatic heterocycles. The zero-order valence-corrected chi connectivity index (χ0v) is 18.2. The molecular formula is C21H24N4O5S. The molecule has 164 valence electrons. The molecule has 2 amide bonds. The third kappa shape index (κ3) is 4.26. The van der Waals surface area contributed by atoms with Crippen LogP contribution in [0.1, 0.15) is 39.3 Å². The molecule has 1 aliphatic heterocycles. The minimum Gasteiger partial charge on any atom is -0.459 e. The van der Waals surface area contributed by atoms with Gasteiger partial charge in [-0.3, -0.25) is 9.59 Å². The van der Waals surface area contributed by atoms with E-state index in [1.165, 1.54) is 19.6 Å². The number of nitrogens with zero attached hydrogens (tertiary/aromatic N) is 4. The van der Waals surface area contributed by atoms with E-state index < -0.39 is 15.6 Å². The molecule has 0 radical (unpaired) electrons. The first-order chi connectivity index (χ1) is 14.9. The summed E-state index contributed by atoms with van der Waals surface area (Å²) in [5.41, 5.74) is 1.90. The molecule has 0 bridgehead atoms. The van der Waals surface area contributed by atoms with Crippen molar-refractivity contribution >= 4 is 27.1 Å². The van der Waals surface area contributed by atoms with Gasteiger partial charge in [-0.15, -0.1) is 0 Å². The zero-order chi connectivity index (χ0) is 22.0. The van der Waals surface area contributed by atoms with Gasteiger partial charge in [0.2, 0.25) is 0 Å². The van der Waals surface area contributed by atoms with Crippen molar-refractivity contribution in [2.24, 2.45) is 4.36 Å². The normalized spacial score (nSPS) is 16.9. The summed E-state index contributed by atoms with van der Waals surface area (Å²) in [4.78, 5) is 27.3. The van der Waals surface area contributed by atoms with Crippen molar-refractivity contribution < 1.29 is 23.0 Å². The molecule has 31 heavy (non-hydrogen) atoms. The number of rotatable bonds is 5. The largest absolute Gasteiger partial charge is 0.459 e. The second kappa shape index (κ2) is 8.64. The smallest absolute Gasteiger partial charge is 0.321 e. The van der Waals surface area contributed by atoms with Gasteiger partial charge in [-0.25, -0.2) is 8.72 Å². The van der Waals surface area contributed by atoms with Crippen molar-refractivity contribution in [2.45, 2.75) is 24.7 Å². The monoisotopic (exact) mass is 444 g/mol. The van der Waals surface area contributed by atoms with E-state index in [4.69, 9.17) is 9.15 Å². The van der Waals surface area contributed by atoms with Gasteiger partial charge in [-0.2, -0.15) is 9.46 Å². The number of ether oxygens (including phenoxy) is 1. The minimum atomic E-state index is -2.81. The van der Waals surface area contributed by atoms with Crippen LogP contribution in [0.5, 0.6) is 0 Å². The lowest BCUT2D eigenvalue weighted by molar-refractivity contribution is 0.0727. The summed E-state index contributed by atoms with van der Waals surface area (Å²) < 4.78 is 29.2. The van der Waals surface area contributed by atoms with Crippen LogP contribution in [-0.4, -0.2) is 62.2 Å². The number of carbonyl (C=O) groups is 2. The summed E-state index contributed by atoms with van der Waals surface area (Å²) in [5, 5.41) is 3.88. The van der Waals surface area contributed by atoms with Crippen molar-refractivity contribution in [3.8, 4) is 0 Å². The zero-order valence-electron chi connectivity index (χ0n) is 17.4. The van der Waals surface area contributed by atoms with E-state index in [1.54, 1.807) is 46.1 Å². The van der Waals surface area contributed by atoms with Crippen molar-refractivity contribution in [2.75, 3.05) is 26.5 Å². The Balaban J connectivity index is 1.46. The Morgan fingerprint density at radius 2 is 2.06 bits per heavy atom. The summed E-state index contributed by atoms with van der Waals surface area (Å²) in [7, 11) is -1.29. The molecule has 4 heterocycles. The number of hydrogen-bond donors (Lipinski definition) is 0. The molecule has 1 saturated heterocycles. The average molecular weight is 445 g/mol. The van der Waals surface area contributed by atoms with Gasteiger partial charge in [0.05, 0.1) is 39.9 Å². The number of amides is 2. The van der Waals surface area contributed by atoms with Crippen LogP contribution in [0.15, 0.2) is 51.7 Å². The lowest BCUT2D eigenvalue weighted by atomic mass is 10.1. The molecule has 1 aliphatic rings. The summed E-state index contributed by atoms with van der Waals surface area (Å²) >= 11 is 0. The molecule has 0 saturated carbocycles. The minimum absolute atomic E-state index is 0.0536. The van der Waals surface area contributed by atoms with Crippen LogP contribution in [0, 0.1) is 0 Å². The third-order valence-electron chi connectivity index (χ3n) is 5.52. The number of carbonyl (C=O) groups excluding carboxylic acids is 2. The van der Waals surface area contributed by atoms with E-state index in [9.17, 15) is 13.8 Å². The Kier molecular flexibility index (Phi) is 5.92. The van der Waals surface area contributed by atoms with Crippen molar-refractivity contribution in [1.29, 1.82) is 0 Å². The van der Waals surface area contributed by atoms with Crippen LogP contribution in [-0.2, 0) is 21.1 Å². The Labute approximate surface area is 180 Å². The Bertz CT molecular complexity index is 1230. The fraction of sp³-hybridized carbons (Fsp3) is 0.381. The SMILES string of the molecule is COCc1ccoc1C(=O)N=S(C)(=O)C1CCN(C(=O)c2cccn3nccc23)CC1. The van der Waals surface area contributed by atoms with E-state index in [-0.39, 0.29) is 23.5 Å². The lowest BCUT2D eigenvalue weighted by Gasteiger charge is -2.32. The second-order valence-electron chi connectivity index (χ2n) is 7.54. The lowest BCUT2D eigenvalue weighted by Crippen LogP contribution is -2.42. The molecule has 0 aromatic carbocycles. The van der Waals surface area contributed by atoms with E-state index in [1.807, 2.05) is 0 Å². The first kappa shape index (κ1) is 21.3. The highest BCUT2D eigenvalue weighted by Gasteiger charge is 2.30. The fourth-order valence-corrected chi connectivity index (χ4v) is 5.52. The van der Waals surface area contributed by atoms with Gasteiger partial charge in [-0.05, 0) is 37.1 Å². The van der Waals surface area contributed by atoms with E-state index >= 15 is 0 Å². The van der Waals surface area contributed by atoms with Gasteiger partial charge < -0.3 is 14.1 Å². The third-order valence-corrected chi connectivity index (χ3v) is 7.76. The number of pyridine rings is 1. The van der Waals surface area contributed by atoms with Gasteiger partial charge in [0.1, 0.15) is 0 Å². The standard InChI is InChI=1S/C21H24N4O5S/c1-29-14-15-8-13-30-19(15)20(26)23-31(2,28)16-6-11-24(12-7-16)21(27)17-4-3-10-25-18(17)5-9-22-25/h3-5,8-10,13,16H,6-7,11-12,14H2,1-2H3. The quantitative estimate of drug-likeness (QED) is 0.599. The Hall–Kier alpha value is -2.98. The molecule has 0 aliphatic carbocycles. The molecule has 0 N–H and O–H groups in total. The first-order valence-electron chi connectivity index (χ1n) is 9.93. The Morgan fingerprint density at radius 1 is 1.29 bits per heavy atom. The van der Waals surface area contributed by atoms with Gasteiger partial charge in [0, 0.05) is 43.5 Å². The van der Waals surface area contributed by atoms with Gasteiger partial charge in [0.15, 0.2) is 5.76 Å². The van der Waals surface area contributed by atoms with Crippen LogP contribution in [0.2, 0.25) is 0 Å². The molecule has 10 heteroatoms. The number of fused-ring (bicyclic) bond motifs is 1. The maximum absolute atomic E-state index is 13.2. The summed E-state index contributed by atoms with van der Waals surface area (Å²) in [6.07, 6.45) is 7.34. The van der Waals surface area contributed by atoms with Gasteiger partial charge in [0.25, 0.3) is 5.91 Å². The van der Waals surface area contributed by atoms with Crippen LogP contribution in [0.4, 0.5) is 0 Å². The summed E-state index contributed by atoms with van der Waals surface area (Å²) in [6.45, 7) is 1.11. The highest BCUT2D eigenvalue weighted by atomic mass is 32.2. The maximum Gasteiger partial charge on any atom is 0.321 e. The predicted octanol–water partition coefficient (Wildman–Crippen LogP) is 2.62. The van der Waals surface area contributed by atoms with Crippen molar-refractivity contribution in [1.82, 2.24) is 14.5 Å². The number of piperidine rings is 1. The fourth-order valence-electron chi connectivity index (χ4n) is 3.87. The number of likely N-dealkylation sites (tertiary alicyclic amines) is 1. The molecule has 0 spiro atoms. The van der Waals surface area contributed by atoms with Gasteiger partial charge >= 0.3 is 5.91 Å². The number of furan rings is 1. The Morgan fingerprint density at radius 3 is 2.81 bits per heavy atom. The van der Waals surface area contributed by atoms with Crippen molar-refractivity contribution in [3.63, 3.8) is 0 Å². The summed E-state index contributed by atoms with van der Waals surface area (Å²) in [6, 6.07) is 7.00. The molecule has 1 unspecified atom stereocenters. The van der Waals surface area contributed by atoms with E-state index in [0.29, 0.717) is 37.1 Å². The van der Waals surface area contributed by atoms with Crippen LogP contribution < -0.4 is 0 Å². The topological polar surface area (TPSA) is 106 Å². The number of aromatic nitrogens is 2. The van der Waals surface area contributed by atoms with Crippen LogP contribution in [0.25, 0.3) is 5.52 Å². The van der Waals surface area contributed by atoms with E-state index in [2.05, 4.69) is 9.46 Å². The maximum atomic E-state index is 13.2. The van der Waals surface area contributed by atoms with E-state index in [0.717, 1.165) is 5.52 Å². The molecule has 9 nitrogen and oxygen atoms in total. The first-order valence-corrected chi connectivity index (χ1v) is 11.9. The average Bonchev–Trinajstić information content (AvgIpc) is 3.42. The molecular weight excluding hydrogens is 420 g/mol. The highest BCUT2D eigenvalue weighted by molar-refractivity contribution is 7.93. The van der Waals surface area contributed by atoms with Crippen molar-refractivity contribution in [3.05, 3.63) is 59.8 Å². The van der Waals surface area contributed by atoms with Gasteiger partial charge in [-0.1, -0.05) is 0 Å². The highest BCUT2D eigenvalue weighted by Crippen LogP contribution is 2.23. The van der Waals surface area contributed by atoms with Crippen LogP contribution >= 0.6 is 0 Å². The number of methoxy groups -OCH3 is 1. The summed E-state index contributed by atoms with van der Waals surface area (Å²) in [5.74, 6) is -0.673. The second-order valence-corrected chi connectivity index (χ2v) is 10.1. The molecule has 1 atom stereocenters. The molecule has 3 aromatic rings. The predicted molar refractivity (Wildman–Crippen MR) is 114 cm³/mol. The van der Waals surface area contributed by atoms with Crippen LogP contribution in [0.3, 0.4) is 0 Å². The molecule has 1 fully saturated rings. The number of hydrogen-bond acceptors (Lipinski definition) is 6. The molecule has 4 rings (SSSR count).